The van der Waals surface area contributed by atoms with Gasteiger partial charge in [0.1, 0.15) is 17.6 Å². The monoisotopic (exact) mass is 584 g/mol. The quantitative estimate of drug-likeness (QED) is 0.280. The normalized spacial score (nSPS) is 19.8. The van der Waals surface area contributed by atoms with Gasteiger partial charge >= 0.3 is 5.56 Å². The van der Waals surface area contributed by atoms with Crippen LogP contribution in [0.15, 0.2) is 96.2 Å². The second-order valence-corrected chi connectivity index (χ2v) is 10.9. The molecule has 6 aromatic rings. The number of fused-ring (bicyclic) bond motifs is 2. The summed E-state index contributed by atoms with van der Waals surface area (Å²) in [5, 5.41) is 8.85. The number of pyridine rings is 1. The van der Waals surface area contributed by atoms with Gasteiger partial charge in [0.05, 0.1) is 36.0 Å². The maximum Gasteiger partial charge on any atom is 0.313 e. The summed E-state index contributed by atoms with van der Waals surface area (Å²) in [4.78, 5) is 34.1. The first-order chi connectivity index (χ1) is 21.6. The molecule has 2 saturated heterocycles. The lowest BCUT2D eigenvalue weighted by Crippen LogP contribution is -2.44. The maximum absolute atomic E-state index is 13.3. The van der Waals surface area contributed by atoms with Crippen molar-refractivity contribution in [1.82, 2.24) is 29.5 Å². The minimum atomic E-state index is -0.527. The van der Waals surface area contributed by atoms with E-state index in [2.05, 4.69) is 27.1 Å². The Morgan fingerprint density at radius 1 is 0.909 bits per heavy atom. The van der Waals surface area contributed by atoms with Crippen LogP contribution in [0.1, 0.15) is 18.6 Å². The Balaban J connectivity index is 1.15. The zero-order valence-corrected chi connectivity index (χ0v) is 23.9. The Morgan fingerprint density at radius 3 is 2.61 bits per heavy atom. The molecule has 0 bridgehead atoms. The molecule has 8 rings (SSSR count). The second kappa shape index (κ2) is 10.8. The Hall–Kier alpha value is -5.26. The molecule has 2 aliphatic heterocycles. The molecule has 2 aromatic carbocycles. The highest BCUT2D eigenvalue weighted by molar-refractivity contribution is 5.92. The van der Waals surface area contributed by atoms with Crippen molar-refractivity contribution >= 4 is 28.2 Å². The number of hydrogen-bond acceptors (Lipinski definition) is 10. The van der Waals surface area contributed by atoms with E-state index in [1.807, 2.05) is 85.2 Å². The van der Waals surface area contributed by atoms with Crippen molar-refractivity contribution in [1.29, 1.82) is 0 Å². The molecule has 2 aliphatic rings. The van der Waals surface area contributed by atoms with Crippen LogP contribution in [0.4, 0.5) is 11.6 Å². The fourth-order valence-corrected chi connectivity index (χ4v) is 5.78. The third kappa shape index (κ3) is 4.72. The predicted molar refractivity (Wildman–Crippen MR) is 166 cm³/mol. The van der Waals surface area contributed by atoms with Gasteiger partial charge in [0.25, 0.3) is 0 Å². The highest BCUT2D eigenvalue weighted by Gasteiger charge is 2.45. The van der Waals surface area contributed by atoms with E-state index in [0.717, 1.165) is 40.1 Å². The van der Waals surface area contributed by atoms with Crippen LogP contribution in [-0.2, 0) is 9.47 Å². The fourth-order valence-electron chi connectivity index (χ4n) is 5.78. The number of rotatable bonds is 6. The highest BCUT2D eigenvalue weighted by atomic mass is 16.6. The van der Waals surface area contributed by atoms with Crippen molar-refractivity contribution in [3.63, 3.8) is 0 Å². The minimum absolute atomic E-state index is 0.115. The predicted octanol–water partition coefficient (Wildman–Crippen LogP) is 4.50. The van der Waals surface area contributed by atoms with Gasteiger partial charge in [-0.05, 0) is 31.2 Å². The van der Waals surface area contributed by atoms with Gasteiger partial charge in [-0.25, -0.2) is 24.5 Å². The summed E-state index contributed by atoms with van der Waals surface area (Å²) in [6, 6.07) is 23.4. The van der Waals surface area contributed by atoms with Crippen LogP contribution in [0.5, 0.6) is 0 Å². The molecule has 0 aliphatic carbocycles. The number of para-hydroxylation sites is 1. The summed E-state index contributed by atoms with van der Waals surface area (Å²) in [6.45, 7) is 4.29. The third-order valence-electron chi connectivity index (χ3n) is 8.02. The number of benzene rings is 2. The summed E-state index contributed by atoms with van der Waals surface area (Å²) in [7, 11) is 0. The molecule has 44 heavy (non-hydrogen) atoms. The third-order valence-corrected chi connectivity index (χ3v) is 8.02. The molecule has 11 nitrogen and oxygen atoms in total. The SMILES string of the molecule is C[C@H]1COCCN1c1ccc(-c2nn3cccnc3c2C2OC2Nc2nc(-c3ccccc3)c3ccccc3nc2=O)cn1. The van der Waals surface area contributed by atoms with Crippen LogP contribution < -0.4 is 15.8 Å². The molecular formula is C33H28N8O3. The van der Waals surface area contributed by atoms with Crippen LogP contribution in [-0.4, -0.2) is 61.6 Å². The van der Waals surface area contributed by atoms with Crippen LogP contribution in [0, 0.1) is 0 Å². The van der Waals surface area contributed by atoms with Crippen molar-refractivity contribution in [3.05, 3.63) is 107 Å². The number of epoxide rings is 1. The first-order valence-corrected chi connectivity index (χ1v) is 14.6. The lowest BCUT2D eigenvalue weighted by Gasteiger charge is -2.34. The van der Waals surface area contributed by atoms with Gasteiger partial charge in [0, 0.05) is 41.6 Å². The summed E-state index contributed by atoms with van der Waals surface area (Å²) in [5.41, 5.74) is 4.70. The Morgan fingerprint density at radius 2 is 1.77 bits per heavy atom. The fraction of sp³-hybridized carbons (Fsp3) is 0.212. The Bertz CT molecular complexity index is 2050. The molecule has 0 spiro atoms. The van der Waals surface area contributed by atoms with Crippen LogP contribution in [0.25, 0.3) is 39.1 Å². The number of anilines is 2. The van der Waals surface area contributed by atoms with Gasteiger partial charge in [-0.1, -0.05) is 48.5 Å². The molecule has 1 N–H and O–H groups in total. The Labute approximate surface area is 252 Å². The van der Waals surface area contributed by atoms with Gasteiger partial charge in [0.15, 0.2) is 17.7 Å². The van der Waals surface area contributed by atoms with E-state index in [-0.39, 0.29) is 11.9 Å². The number of morpholine rings is 1. The van der Waals surface area contributed by atoms with Gasteiger partial charge in [-0.3, -0.25) is 4.79 Å². The molecule has 2 unspecified atom stereocenters. The van der Waals surface area contributed by atoms with E-state index < -0.39 is 17.9 Å². The molecule has 11 heteroatoms. The van der Waals surface area contributed by atoms with Gasteiger partial charge in [0.2, 0.25) is 0 Å². The summed E-state index contributed by atoms with van der Waals surface area (Å²) in [6.07, 6.45) is 4.47. The Kier molecular flexibility index (Phi) is 6.46. The van der Waals surface area contributed by atoms with Crippen molar-refractivity contribution in [2.75, 3.05) is 30.0 Å². The number of nitrogens with zero attached hydrogens (tertiary/aromatic N) is 7. The molecule has 0 saturated carbocycles. The number of hydrogen-bond donors (Lipinski definition) is 1. The summed E-state index contributed by atoms with van der Waals surface area (Å²) in [5.74, 6) is 1.01. The maximum atomic E-state index is 13.3. The number of nitrogens with one attached hydrogen (secondary N) is 1. The van der Waals surface area contributed by atoms with Crippen molar-refractivity contribution in [3.8, 4) is 22.5 Å². The smallest absolute Gasteiger partial charge is 0.313 e. The molecule has 0 amide bonds. The van der Waals surface area contributed by atoms with Crippen molar-refractivity contribution < 1.29 is 9.47 Å². The number of aromatic nitrogens is 6. The van der Waals surface area contributed by atoms with Gasteiger partial charge in [-0.2, -0.15) is 5.10 Å². The largest absolute Gasteiger partial charge is 0.377 e. The molecule has 4 aromatic heterocycles. The topological polar surface area (TPSA) is 123 Å². The summed E-state index contributed by atoms with van der Waals surface area (Å²) >= 11 is 0. The van der Waals surface area contributed by atoms with Gasteiger partial charge < -0.3 is 19.7 Å². The molecule has 218 valence electrons. The molecule has 2 fully saturated rings. The zero-order chi connectivity index (χ0) is 29.6. The van der Waals surface area contributed by atoms with Crippen LogP contribution in [0.2, 0.25) is 0 Å². The van der Waals surface area contributed by atoms with E-state index in [4.69, 9.17) is 24.5 Å². The van der Waals surface area contributed by atoms with E-state index >= 15 is 0 Å². The van der Waals surface area contributed by atoms with E-state index in [1.54, 1.807) is 10.7 Å². The highest BCUT2D eigenvalue weighted by Crippen LogP contribution is 2.44. The molecular weight excluding hydrogens is 556 g/mol. The van der Waals surface area contributed by atoms with E-state index in [1.165, 1.54) is 0 Å². The second-order valence-electron chi connectivity index (χ2n) is 10.9. The van der Waals surface area contributed by atoms with Crippen LogP contribution >= 0.6 is 0 Å². The first-order valence-electron chi connectivity index (χ1n) is 14.6. The number of ether oxygens (including phenoxy) is 2. The minimum Gasteiger partial charge on any atom is -0.377 e. The lowest BCUT2D eigenvalue weighted by molar-refractivity contribution is 0.0985. The van der Waals surface area contributed by atoms with Crippen molar-refractivity contribution in [2.45, 2.75) is 25.3 Å². The van der Waals surface area contributed by atoms with Gasteiger partial charge in [-0.15, -0.1) is 0 Å². The van der Waals surface area contributed by atoms with Crippen molar-refractivity contribution in [2.24, 2.45) is 0 Å². The zero-order valence-electron chi connectivity index (χ0n) is 23.9. The first kappa shape index (κ1) is 26.4. The standard InChI is InChI=1S/C33H28N8O3/c1-20-19-43-17-16-40(20)25-13-12-22(18-35-25)28-26(31-34-14-7-15-41(31)39-28)29-33(44-29)38-30-32(42)36-24-11-6-5-10-23(24)27(37-30)21-8-3-2-4-9-21/h2-15,18,20,29,33H,16-17,19H2,1H3,(H,36,37,38,42)/t20-,29?,33?/m0/s1. The molecule has 6 heterocycles. The van der Waals surface area contributed by atoms with Crippen LogP contribution in [0.3, 0.4) is 0 Å². The average molecular weight is 585 g/mol. The molecule has 3 atom stereocenters. The average Bonchev–Trinajstić information content (AvgIpc) is 3.74. The van der Waals surface area contributed by atoms with E-state index in [0.29, 0.717) is 30.1 Å². The lowest BCUT2D eigenvalue weighted by atomic mass is 10.1. The van der Waals surface area contributed by atoms with E-state index in [9.17, 15) is 4.79 Å². The molecule has 0 radical (unpaired) electrons. The summed E-state index contributed by atoms with van der Waals surface area (Å²) < 4.78 is 13.5.